The van der Waals surface area contributed by atoms with Gasteiger partial charge in [-0.25, -0.2) is 13.6 Å². The molecule has 3 aromatic carbocycles. The van der Waals surface area contributed by atoms with Crippen molar-refractivity contribution in [1.29, 1.82) is 0 Å². The minimum atomic E-state index is -1.10. The molecule has 0 saturated carbocycles. The first-order valence-corrected chi connectivity index (χ1v) is 9.50. The summed E-state index contributed by atoms with van der Waals surface area (Å²) < 4.78 is 36.9. The number of anilines is 1. The number of benzene rings is 3. The van der Waals surface area contributed by atoms with Gasteiger partial charge < -0.3 is 14.5 Å². The van der Waals surface area contributed by atoms with Crippen LogP contribution in [0.15, 0.2) is 75.9 Å². The first-order valence-electron chi connectivity index (χ1n) is 9.50. The van der Waals surface area contributed by atoms with Crippen LogP contribution in [0, 0.1) is 21.7 Å². The summed E-state index contributed by atoms with van der Waals surface area (Å²) in [6.07, 6.45) is 0. The Hall–Kier alpha value is -4.60. The van der Waals surface area contributed by atoms with Crippen molar-refractivity contribution < 1.29 is 27.7 Å². The lowest BCUT2D eigenvalue weighted by Crippen LogP contribution is -2.20. The lowest BCUT2D eigenvalue weighted by molar-refractivity contribution is -0.384. The Morgan fingerprint density at radius 3 is 2.45 bits per heavy atom. The summed E-state index contributed by atoms with van der Waals surface area (Å²) >= 11 is 0. The topological polar surface area (TPSA) is 112 Å². The summed E-state index contributed by atoms with van der Waals surface area (Å²) in [5.74, 6) is -2.51. The summed E-state index contributed by atoms with van der Waals surface area (Å²) in [4.78, 5) is 34.4. The van der Waals surface area contributed by atoms with Crippen molar-refractivity contribution >= 4 is 28.3 Å². The average molecular weight is 452 g/mol. The predicted octanol–water partition coefficient (Wildman–Crippen LogP) is 4.66. The number of nitro benzene ring substituents is 1. The van der Waals surface area contributed by atoms with E-state index in [-0.39, 0.29) is 22.7 Å². The van der Waals surface area contributed by atoms with Crippen molar-refractivity contribution in [2.45, 2.75) is 0 Å². The van der Waals surface area contributed by atoms with E-state index in [1.807, 2.05) is 0 Å². The van der Waals surface area contributed by atoms with E-state index in [1.165, 1.54) is 42.5 Å². The average Bonchev–Trinajstić information content (AvgIpc) is 2.79. The maximum absolute atomic E-state index is 13.2. The van der Waals surface area contributed by atoms with Crippen LogP contribution in [0.4, 0.5) is 20.2 Å². The molecule has 33 heavy (non-hydrogen) atoms. The van der Waals surface area contributed by atoms with Gasteiger partial charge in [0.2, 0.25) is 0 Å². The van der Waals surface area contributed by atoms with Crippen LogP contribution < -0.4 is 15.7 Å². The molecular weight excluding hydrogens is 438 g/mol. The van der Waals surface area contributed by atoms with Crippen LogP contribution in [0.1, 0.15) is 0 Å². The second-order valence-corrected chi connectivity index (χ2v) is 6.91. The van der Waals surface area contributed by atoms with Gasteiger partial charge in [-0.3, -0.25) is 14.9 Å². The Bertz CT molecular complexity index is 1430. The molecule has 0 saturated heterocycles. The van der Waals surface area contributed by atoms with E-state index < -0.39 is 34.7 Å². The Morgan fingerprint density at radius 2 is 1.76 bits per heavy atom. The van der Waals surface area contributed by atoms with Crippen molar-refractivity contribution in [3.63, 3.8) is 0 Å². The number of non-ortho nitro benzene ring substituents is 1. The molecule has 1 heterocycles. The number of hydrogen-bond donors (Lipinski definition) is 1. The molecule has 4 rings (SSSR count). The fourth-order valence-electron chi connectivity index (χ4n) is 3.15. The lowest BCUT2D eigenvalue weighted by atomic mass is 10.0. The van der Waals surface area contributed by atoms with Crippen molar-refractivity contribution in [3.8, 4) is 16.9 Å². The van der Waals surface area contributed by atoms with E-state index in [9.17, 15) is 28.5 Å². The molecule has 1 amide bonds. The van der Waals surface area contributed by atoms with E-state index in [0.29, 0.717) is 16.5 Å². The minimum absolute atomic E-state index is 0.0692. The molecule has 0 unspecified atom stereocenters. The predicted molar refractivity (Wildman–Crippen MR) is 115 cm³/mol. The van der Waals surface area contributed by atoms with E-state index >= 15 is 0 Å². The van der Waals surface area contributed by atoms with Crippen molar-refractivity contribution in [1.82, 2.24) is 0 Å². The number of ether oxygens (including phenoxy) is 1. The third kappa shape index (κ3) is 4.85. The molecule has 1 aromatic heterocycles. The smallest absolute Gasteiger partial charge is 0.336 e. The van der Waals surface area contributed by atoms with Crippen LogP contribution >= 0.6 is 0 Å². The second-order valence-electron chi connectivity index (χ2n) is 6.91. The molecule has 0 spiro atoms. The fraction of sp³-hybridized carbons (Fsp3) is 0.0435. The highest BCUT2D eigenvalue weighted by Crippen LogP contribution is 2.30. The van der Waals surface area contributed by atoms with Crippen LogP contribution in [-0.4, -0.2) is 17.4 Å². The molecule has 0 radical (unpaired) electrons. The highest BCUT2D eigenvalue weighted by Gasteiger charge is 2.12. The summed E-state index contributed by atoms with van der Waals surface area (Å²) in [7, 11) is 0. The van der Waals surface area contributed by atoms with Crippen molar-refractivity contribution in [2.75, 3.05) is 11.9 Å². The van der Waals surface area contributed by atoms with Gasteiger partial charge in [-0.15, -0.1) is 0 Å². The number of carbonyl (C=O) groups is 1. The molecule has 4 aromatic rings. The number of hydrogen-bond acceptors (Lipinski definition) is 6. The Kier molecular flexibility index (Phi) is 5.81. The molecule has 0 atom stereocenters. The van der Waals surface area contributed by atoms with Gasteiger partial charge in [0, 0.05) is 41.4 Å². The number of nitrogens with zero attached hydrogens (tertiary/aromatic N) is 1. The number of nitrogens with one attached hydrogen (secondary N) is 1. The highest BCUT2D eigenvalue weighted by molar-refractivity contribution is 5.94. The molecule has 10 heteroatoms. The maximum atomic E-state index is 13.2. The molecule has 0 aliphatic heterocycles. The van der Waals surface area contributed by atoms with Crippen LogP contribution in [0.3, 0.4) is 0 Å². The number of halogens is 2. The summed E-state index contributed by atoms with van der Waals surface area (Å²) in [6.45, 7) is -0.434. The SMILES string of the molecule is O=C(COc1ccc2c(-c3ccc([N+](=O)[O-])cc3)cc(=O)oc2c1)Nc1ccc(F)c(F)c1. The third-order valence-electron chi connectivity index (χ3n) is 4.68. The first-order chi connectivity index (χ1) is 15.8. The van der Waals surface area contributed by atoms with Gasteiger partial charge in [0.15, 0.2) is 18.2 Å². The maximum Gasteiger partial charge on any atom is 0.336 e. The highest BCUT2D eigenvalue weighted by atomic mass is 19.2. The fourth-order valence-corrected chi connectivity index (χ4v) is 3.15. The van der Waals surface area contributed by atoms with Gasteiger partial charge in [0.05, 0.1) is 4.92 Å². The molecule has 0 aliphatic rings. The number of rotatable bonds is 6. The van der Waals surface area contributed by atoms with E-state index in [2.05, 4.69) is 5.32 Å². The minimum Gasteiger partial charge on any atom is -0.484 e. The van der Waals surface area contributed by atoms with Crippen LogP contribution in [0.5, 0.6) is 5.75 Å². The van der Waals surface area contributed by atoms with E-state index in [1.54, 1.807) is 12.1 Å². The summed E-state index contributed by atoms with van der Waals surface area (Å²) in [5.41, 5.74) is 0.637. The lowest BCUT2D eigenvalue weighted by Gasteiger charge is -2.10. The van der Waals surface area contributed by atoms with Gasteiger partial charge in [-0.2, -0.15) is 0 Å². The Labute approximate surface area is 184 Å². The normalized spacial score (nSPS) is 10.7. The second kappa shape index (κ2) is 8.87. The third-order valence-corrected chi connectivity index (χ3v) is 4.68. The van der Waals surface area contributed by atoms with Gasteiger partial charge in [0.25, 0.3) is 11.6 Å². The Balaban J connectivity index is 1.53. The van der Waals surface area contributed by atoms with Crippen LogP contribution in [0.2, 0.25) is 0 Å². The van der Waals surface area contributed by atoms with E-state index in [4.69, 9.17) is 9.15 Å². The zero-order valence-electron chi connectivity index (χ0n) is 16.7. The molecule has 166 valence electrons. The standard InChI is InChI=1S/C23H14F2N2O6/c24-19-8-3-14(9-20(19)25)26-22(28)12-32-16-6-7-17-18(11-23(29)33-21(17)10-16)13-1-4-15(5-2-13)27(30)31/h1-11H,12H2,(H,26,28). The zero-order chi connectivity index (χ0) is 23.5. The monoisotopic (exact) mass is 452 g/mol. The molecular formula is C23H14F2N2O6. The van der Waals surface area contributed by atoms with Gasteiger partial charge in [0.1, 0.15) is 11.3 Å². The van der Waals surface area contributed by atoms with Gasteiger partial charge >= 0.3 is 5.63 Å². The molecule has 0 bridgehead atoms. The number of fused-ring (bicyclic) bond motifs is 1. The number of carbonyl (C=O) groups excluding carboxylic acids is 1. The molecule has 0 aliphatic carbocycles. The zero-order valence-corrected chi connectivity index (χ0v) is 16.7. The summed E-state index contributed by atoms with van der Waals surface area (Å²) in [6, 6.07) is 14.5. The largest absolute Gasteiger partial charge is 0.484 e. The summed E-state index contributed by atoms with van der Waals surface area (Å²) in [5, 5.41) is 13.8. The van der Waals surface area contributed by atoms with Gasteiger partial charge in [-0.1, -0.05) is 0 Å². The van der Waals surface area contributed by atoms with E-state index in [0.717, 1.165) is 12.1 Å². The van der Waals surface area contributed by atoms with Crippen molar-refractivity contribution in [3.05, 3.63) is 98.9 Å². The number of amides is 1. The quantitative estimate of drug-likeness (QED) is 0.259. The van der Waals surface area contributed by atoms with Crippen LogP contribution in [-0.2, 0) is 4.79 Å². The Morgan fingerprint density at radius 1 is 1.00 bits per heavy atom. The molecule has 8 nitrogen and oxygen atoms in total. The molecule has 1 N–H and O–H groups in total. The number of nitro groups is 1. The first kappa shape index (κ1) is 21.6. The molecule has 0 fully saturated rings. The van der Waals surface area contributed by atoms with Crippen molar-refractivity contribution in [2.24, 2.45) is 0 Å². The van der Waals surface area contributed by atoms with Crippen LogP contribution in [0.25, 0.3) is 22.1 Å². The van der Waals surface area contributed by atoms with Gasteiger partial charge in [-0.05, 0) is 47.5 Å².